The highest BCUT2D eigenvalue weighted by Gasteiger charge is 2.14. The standard InChI is InChI=1S/C16H16ClFO/c1-2-11-5-3-4-6-14(11)16(19)9-12-7-8-13(17)10-15(12)18/h3-8,10,16,19H,2,9H2,1H3. The Morgan fingerprint density at radius 2 is 1.89 bits per heavy atom. The highest BCUT2D eigenvalue weighted by atomic mass is 35.5. The zero-order valence-electron chi connectivity index (χ0n) is 10.7. The Morgan fingerprint density at radius 3 is 2.58 bits per heavy atom. The molecule has 0 aliphatic rings. The fourth-order valence-corrected chi connectivity index (χ4v) is 2.35. The van der Waals surface area contributed by atoms with Gasteiger partial charge < -0.3 is 5.11 Å². The third-order valence-corrected chi connectivity index (χ3v) is 3.46. The summed E-state index contributed by atoms with van der Waals surface area (Å²) in [6, 6.07) is 12.2. The fraction of sp³-hybridized carbons (Fsp3) is 0.250. The molecule has 0 aromatic heterocycles. The molecule has 0 aliphatic heterocycles. The van der Waals surface area contributed by atoms with Gasteiger partial charge in [0.25, 0.3) is 0 Å². The van der Waals surface area contributed by atoms with Gasteiger partial charge in [-0.15, -0.1) is 0 Å². The van der Waals surface area contributed by atoms with Crippen molar-refractivity contribution < 1.29 is 9.50 Å². The molecule has 0 amide bonds. The number of aliphatic hydroxyl groups is 1. The molecule has 1 unspecified atom stereocenters. The summed E-state index contributed by atoms with van der Waals surface area (Å²) in [4.78, 5) is 0. The molecule has 1 nitrogen and oxygen atoms in total. The molecule has 2 aromatic carbocycles. The Balaban J connectivity index is 2.23. The van der Waals surface area contributed by atoms with Crippen molar-refractivity contribution in [1.29, 1.82) is 0 Å². The van der Waals surface area contributed by atoms with Crippen LogP contribution in [-0.2, 0) is 12.8 Å². The van der Waals surface area contributed by atoms with Gasteiger partial charge in [0.05, 0.1) is 6.10 Å². The number of hydrogen-bond acceptors (Lipinski definition) is 1. The molecule has 2 rings (SSSR count). The lowest BCUT2D eigenvalue weighted by atomic mass is 9.96. The van der Waals surface area contributed by atoms with Gasteiger partial charge >= 0.3 is 0 Å². The molecular formula is C16H16ClFO. The lowest BCUT2D eigenvalue weighted by Gasteiger charge is -2.15. The second-order valence-electron chi connectivity index (χ2n) is 4.51. The summed E-state index contributed by atoms with van der Waals surface area (Å²) in [6.07, 6.45) is 0.392. The average Bonchev–Trinajstić information content (AvgIpc) is 2.41. The summed E-state index contributed by atoms with van der Waals surface area (Å²) in [5.41, 5.74) is 2.42. The topological polar surface area (TPSA) is 20.2 Å². The highest BCUT2D eigenvalue weighted by molar-refractivity contribution is 6.30. The minimum absolute atomic E-state index is 0.250. The van der Waals surface area contributed by atoms with Gasteiger partial charge in [-0.1, -0.05) is 48.9 Å². The van der Waals surface area contributed by atoms with Crippen LogP contribution in [0.1, 0.15) is 29.7 Å². The molecule has 0 bridgehead atoms. The predicted molar refractivity (Wildman–Crippen MR) is 75.9 cm³/mol. The van der Waals surface area contributed by atoms with E-state index in [1.807, 2.05) is 31.2 Å². The number of aryl methyl sites for hydroxylation is 1. The minimum Gasteiger partial charge on any atom is -0.388 e. The van der Waals surface area contributed by atoms with Crippen molar-refractivity contribution in [2.45, 2.75) is 25.9 Å². The van der Waals surface area contributed by atoms with Crippen molar-refractivity contribution >= 4 is 11.6 Å². The summed E-state index contributed by atoms with van der Waals surface area (Å²) < 4.78 is 13.7. The van der Waals surface area contributed by atoms with Crippen LogP contribution in [-0.4, -0.2) is 5.11 Å². The summed E-state index contributed by atoms with van der Waals surface area (Å²) in [5, 5.41) is 10.6. The van der Waals surface area contributed by atoms with Crippen LogP contribution in [0, 0.1) is 5.82 Å². The van der Waals surface area contributed by atoms with E-state index >= 15 is 0 Å². The average molecular weight is 279 g/mol. The number of aliphatic hydroxyl groups excluding tert-OH is 1. The van der Waals surface area contributed by atoms with Crippen LogP contribution in [0.3, 0.4) is 0 Å². The van der Waals surface area contributed by atoms with Gasteiger partial charge in [-0.3, -0.25) is 0 Å². The van der Waals surface area contributed by atoms with Crippen molar-refractivity contribution in [3.8, 4) is 0 Å². The highest BCUT2D eigenvalue weighted by Crippen LogP contribution is 2.24. The van der Waals surface area contributed by atoms with E-state index in [9.17, 15) is 9.50 Å². The summed E-state index contributed by atoms with van der Waals surface area (Å²) in [6.45, 7) is 2.04. The van der Waals surface area contributed by atoms with Crippen LogP contribution in [0.4, 0.5) is 4.39 Å². The smallest absolute Gasteiger partial charge is 0.127 e. The van der Waals surface area contributed by atoms with Crippen LogP contribution in [0.15, 0.2) is 42.5 Å². The van der Waals surface area contributed by atoms with Crippen molar-refractivity contribution in [3.63, 3.8) is 0 Å². The van der Waals surface area contributed by atoms with E-state index in [1.54, 1.807) is 12.1 Å². The van der Waals surface area contributed by atoms with E-state index < -0.39 is 6.10 Å². The first-order chi connectivity index (χ1) is 9.11. The Labute approximate surface area is 117 Å². The maximum absolute atomic E-state index is 13.7. The zero-order valence-corrected chi connectivity index (χ0v) is 11.5. The third kappa shape index (κ3) is 3.34. The van der Waals surface area contributed by atoms with Gasteiger partial charge in [0, 0.05) is 11.4 Å². The molecule has 0 radical (unpaired) electrons. The maximum Gasteiger partial charge on any atom is 0.127 e. The number of halogens is 2. The van der Waals surface area contributed by atoms with Crippen molar-refractivity contribution in [2.24, 2.45) is 0 Å². The van der Waals surface area contributed by atoms with Gasteiger partial charge in [-0.2, -0.15) is 0 Å². The van der Waals surface area contributed by atoms with Gasteiger partial charge in [0.2, 0.25) is 0 Å². The molecule has 0 aliphatic carbocycles. The van der Waals surface area contributed by atoms with Crippen LogP contribution < -0.4 is 0 Å². The van der Waals surface area contributed by atoms with E-state index in [-0.39, 0.29) is 12.2 Å². The molecule has 0 saturated heterocycles. The molecule has 19 heavy (non-hydrogen) atoms. The second kappa shape index (κ2) is 6.18. The molecular weight excluding hydrogens is 263 g/mol. The molecule has 0 spiro atoms. The Kier molecular flexibility index (Phi) is 4.56. The van der Waals surface area contributed by atoms with Crippen LogP contribution in [0.5, 0.6) is 0 Å². The van der Waals surface area contributed by atoms with Crippen LogP contribution in [0.25, 0.3) is 0 Å². The van der Waals surface area contributed by atoms with Crippen molar-refractivity contribution in [1.82, 2.24) is 0 Å². The summed E-state index contributed by atoms with van der Waals surface area (Å²) in [5.74, 6) is -0.375. The van der Waals surface area contributed by atoms with E-state index in [2.05, 4.69) is 0 Å². The Hall–Kier alpha value is -1.38. The monoisotopic (exact) mass is 278 g/mol. The molecule has 100 valence electrons. The van der Waals surface area contributed by atoms with E-state index in [1.165, 1.54) is 6.07 Å². The summed E-state index contributed by atoms with van der Waals surface area (Å²) >= 11 is 5.72. The second-order valence-corrected chi connectivity index (χ2v) is 4.94. The molecule has 0 fully saturated rings. The largest absolute Gasteiger partial charge is 0.388 e. The molecule has 0 heterocycles. The van der Waals surface area contributed by atoms with Gasteiger partial charge in [0.1, 0.15) is 5.82 Å². The molecule has 1 N–H and O–H groups in total. The first-order valence-electron chi connectivity index (χ1n) is 6.31. The quantitative estimate of drug-likeness (QED) is 0.883. The Bertz CT molecular complexity index is 568. The molecule has 2 aromatic rings. The molecule has 3 heteroatoms. The first-order valence-corrected chi connectivity index (χ1v) is 6.69. The lowest BCUT2D eigenvalue weighted by molar-refractivity contribution is 0.176. The van der Waals surface area contributed by atoms with E-state index in [4.69, 9.17) is 11.6 Å². The number of hydrogen-bond donors (Lipinski definition) is 1. The number of benzene rings is 2. The predicted octanol–water partition coefficient (Wildman–Crippen LogP) is 4.32. The van der Waals surface area contributed by atoms with E-state index in [0.717, 1.165) is 17.5 Å². The lowest BCUT2D eigenvalue weighted by Crippen LogP contribution is -2.06. The van der Waals surface area contributed by atoms with Gasteiger partial charge in [-0.05, 0) is 35.2 Å². The minimum atomic E-state index is -0.702. The van der Waals surface area contributed by atoms with Crippen molar-refractivity contribution in [2.75, 3.05) is 0 Å². The maximum atomic E-state index is 13.7. The summed E-state index contributed by atoms with van der Waals surface area (Å²) in [7, 11) is 0. The van der Waals surface area contributed by atoms with Crippen LogP contribution >= 0.6 is 11.6 Å². The zero-order chi connectivity index (χ0) is 13.8. The van der Waals surface area contributed by atoms with Gasteiger partial charge in [-0.25, -0.2) is 4.39 Å². The van der Waals surface area contributed by atoms with Crippen LogP contribution in [0.2, 0.25) is 5.02 Å². The SMILES string of the molecule is CCc1ccccc1C(O)Cc1ccc(Cl)cc1F. The van der Waals surface area contributed by atoms with Gasteiger partial charge in [0.15, 0.2) is 0 Å². The molecule has 0 saturated carbocycles. The van der Waals surface area contributed by atoms with E-state index in [0.29, 0.717) is 10.6 Å². The first kappa shape index (κ1) is 14.0. The number of rotatable bonds is 4. The molecule has 1 atom stereocenters. The van der Waals surface area contributed by atoms with Crippen molar-refractivity contribution in [3.05, 3.63) is 70.0 Å². The fourth-order valence-electron chi connectivity index (χ4n) is 2.19. The normalized spacial score (nSPS) is 12.4. The Morgan fingerprint density at radius 1 is 1.16 bits per heavy atom. The third-order valence-electron chi connectivity index (χ3n) is 3.22.